The average molecular weight is 282 g/mol. The van der Waals surface area contributed by atoms with Gasteiger partial charge in [-0.15, -0.1) is 0 Å². The minimum absolute atomic E-state index is 0.188. The van der Waals surface area contributed by atoms with Gasteiger partial charge in [-0.1, -0.05) is 18.9 Å². The first-order valence-corrected chi connectivity index (χ1v) is 6.99. The van der Waals surface area contributed by atoms with Crippen LogP contribution in [0.15, 0.2) is 24.3 Å². The van der Waals surface area contributed by atoms with E-state index < -0.39 is 11.6 Å². The maximum absolute atomic E-state index is 11.9. The molecule has 1 atom stereocenters. The molecule has 1 saturated heterocycles. The molecule has 1 aliphatic heterocycles. The zero-order chi connectivity index (χ0) is 14.6. The number of amides is 1. The molecular formula is C15H20F2N2O. The van der Waals surface area contributed by atoms with Gasteiger partial charge in [0.1, 0.15) is 11.6 Å². The molecule has 3 nitrogen and oxygen atoms in total. The molecule has 1 saturated carbocycles. The minimum Gasteiger partial charge on any atom is -0.351 e. The Hall–Kier alpha value is -1.49. The highest BCUT2D eigenvalue weighted by molar-refractivity contribution is 5.87. The monoisotopic (exact) mass is 282 g/mol. The lowest BCUT2D eigenvalue weighted by Crippen LogP contribution is -2.64. The second-order valence-corrected chi connectivity index (χ2v) is 5.48. The molecule has 2 aliphatic rings. The summed E-state index contributed by atoms with van der Waals surface area (Å²) in [5, 5.41) is 6.39. The van der Waals surface area contributed by atoms with Gasteiger partial charge in [-0.25, -0.2) is 8.78 Å². The fraction of sp³-hybridized carbons (Fsp3) is 0.533. The number of piperazine rings is 1. The van der Waals surface area contributed by atoms with Gasteiger partial charge < -0.3 is 10.6 Å². The molecule has 0 aromatic heterocycles. The van der Waals surface area contributed by atoms with Crippen molar-refractivity contribution in [3.63, 3.8) is 0 Å². The summed E-state index contributed by atoms with van der Waals surface area (Å²) in [6.07, 6.45) is 4.42. The van der Waals surface area contributed by atoms with Gasteiger partial charge in [0.05, 0.1) is 5.54 Å². The second kappa shape index (κ2) is 6.31. The van der Waals surface area contributed by atoms with Gasteiger partial charge in [-0.2, -0.15) is 0 Å². The van der Waals surface area contributed by atoms with Crippen molar-refractivity contribution in [1.82, 2.24) is 10.6 Å². The number of nitrogens with one attached hydrogen (secondary N) is 2. The smallest absolute Gasteiger partial charge is 0.240 e. The summed E-state index contributed by atoms with van der Waals surface area (Å²) in [6, 6.07) is 4.85. The standard InChI is InChI=1S/C9H16N2O.C6H4F2/c1-7-6-10-9(8(12)11-7)4-2-3-5-9;7-5-2-1-3-6(8)4-5/h7,10H,2-6H2,1H3,(H,11,12);1-4H. The lowest BCUT2D eigenvalue weighted by atomic mass is 9.93. The lowest BCUT2D eigenvalue weighted by Gasteiger charge is -2.36. The third kappa shape index (κ3) is 3.54. The molecule has 20 heavy (non-hydrogen) atoms. The van der Waals surface area contributed by atoms with Gasteiger partial charge in [-0.3, -0.25) is 4.79 Å². The van der Waals surface area contributed by atoms with E-state index in [1.807, 2.05) is 6.92 Å². The highest BCUT2D eigenvalue weighted by Crippen LogP contribution is 2.31. The number of halogens is 2. The van der Waals surface area contributed by atoms with Crippen molar-refractivity contribution in [2.24, 2.45) is 0 Å². The van der Waals surface area contributed by atoms with Crippen LogP contribution in [-0.4, -0.2) is 24.0 Å². The van der Waals surface area contributed by atoms with Gasteiger partial charge in [0.15, 0.2) is 0 Å². The molecule has 1 spiro atoms. The van der Waals surface area contributed by atoms with Crippen molar-refractivity contribution in [2.45, 2.75) is 44.2 Å². The number of carbonyl (C=O) groups excluding carboxylic acids is 1. The molecule has 0 bridgehead atoms. The summed E-state index contributed by atoms with van der Waals surface area (Å²) >= 11 is 0. The van der Waals surface area contributed by atoms with Crippen LogP contribution in [0.1, 0.15) is 32.6 Å². The van der Waals surface area contributed by atoms with Gasteiger partial charge in [0.2, 0.25) is 5.91 Å². The van der Waals surface area contributed by atoms with Gasteiger partial charge in [-0.05, 0) is 31.9 Å². The molecule has 1 heterocycles. The first-order chi connectivity index (χ1) is 9.52. The molecule has 1 unspecified atom stereocenters. The van der Waals surface area contributed by atoms with Crippen molar-refractivity contribution in [2.75, 3.05) is 6.54 Å². The highest BCUT2D eigenvalue weighted by atomic mass is 19.1. The Balaban J connectivity index is 0.000000160. The number of carbonyl (C=O) groups is 1. The van der Waals surface area contributed by atoms with E-state index in [2.05, 4.69) is 10.6 Å². The zero-order valence-corrected chi connectivity index (χ0v) is 11.6. The quantitative estimate of drug-likeness (QED) is 0.767. The van der Waals surface area contributed by atoms with Gasteiger partial charge in [0.25, 0.3) is 0 Å². The number of hydrogen-bond acceptors (Lipinski definition) is 2. The van der Waals surface area contributed by atoms with Crippen LogP contribution in [0.25, 0.3) is 0 Å². The molecule has 1 amide bonds. The van der Waals surface area contributed by atoms with Crippen LogP contribution < -0.4 is 10.6 Å². The zero-order valence-electron chi connectivity index (χ0n) is 11.6. The van der Waals surface area contributed by atoms with E-state index in [1.54, 1.807) is 0 Å². The van der Waals surface area contributed by atoms with Crippen LogP contribution in [0, 0.1) is 11.6 Å². The fourth-order valence-corrected chi connectivity index (χ4v) is 2.68. The highest BCUT2D eigenvalue weighted by Gasteiger charge is 2.43. The molecule has 1 aliphatic carbocycles. The Bertz CT molecular complexity index is 455. The normalized spacial score (nSPS) is 23.9. The van der Waals surface area contributed by atoms with E-state index in [1.165, 1.54) is 31.0 Å². The fourth-order valence-electron chi connectivity index (χ4n) is 2.68. The molecule has 2 N–H and O–H groups in total. The number of rotatable bonds is 0. The van der Waals surface area contributed by atoms with E-state index in [0.717, 1.165) is 25.5 Å². The molecule has 1 aromatic rings. The molecular weight excluding hydrogens is 262 g/mol. The first kappa shape index (κ1) is 14.9. The molecule has 3 rings (SSSR count). The maximum Gasteiger partial charge on any atom is 0.240 e. The lowest BCUT2D eigenvalue weighted by molar-refractivity contribution is -0.130. The van der Waals surface area contributed by atoms with Crippen molar-refractivity contribution in [3.8, 4) is 0 Å². The Morgan fingerprint density at radius 1 is 1.20 bits per heavy atom. The second-order valence-electron chi connectivity index (χ2n) is 5.48. The molecule has 5 heteroatoms. The van der Waals surface area contributed by atoms with Crippen LogP contribution >= 0.6 is 0 Å². The van der Waals surface area contributed by atoms with Gasteiger partial charge >= 0.3 is 0 Å². The Kier molecular flexibility index (Phi) is 4.70. The van der Waals surface area contributed by atoms with Crippen LogP contribution in [0.3, 0.4) is 0 Å². The van der Waals surface area contributed by atoms with E-state index >= 15 is 0 Å². The van der Waals surface area contributed by atoms with Gasteiger partial charge in [0, 0.05) is 18.7 Å². The summed E-state index contributed by atoms with van der Waals surface area (Å²) in [5.74, 6) is -0.853. The van der Waals surface area contributed by atoms with E-state index in [-0.39, 0.29) is 11.4 Å². The Morgan fingerprint density at radius 3 is 2.25 bits per heavy atom. The largest absolute Gasteiger partial charge is 0.351 e. The number of benzene rings is 1. The Morgan fingerprint density at radius 2 is 1.80 bits per heavy atom. The van der Waals surface area contributed by atoms with Crippen molar-refractivity contribution in [1.29, 1.82) is 0 Å². The number of hydrogen-bond donors (Lipinski definition) is 2. The van der Waals surface area contributed by atoms with Crippen LogP contribution in [-0.2, 0) is 4.79 Å². The summed E-state index contributed by atoms with van der Waals surface area (Å²) in [5.41, 5.74) is -0.188. The first-order valence-electron chi connectivity index (χ1n) is 6.99. The van der Waals surface area contributed by atoms with E-state index in [4.69, 9.17) is 0 Å². The third-order valence-electron chi connectivity index (χ3n) is 3.80. The predicted octanol–water partition coefficient (Wildman–Crippen LogP) is 2.37. The maximum atomic E-state index is 11.9. The van der Waals surface area contributed by atoms with Crippen LogP contribution in [0.4, 0.5) is 8.78 Å². The molecule has 1 aromatic carbocycles. The van der Waals surface area contributed by atoms with Crippen molar-refractivity contribution < 1.29 is 13.6 Å². The van der Waals surface area contributed by atoms with E-state index in [9.17, 15) is 13.6 Å². The third-order valence-corrected chi connectivity index (χ3v) is 3.80. The summed E-state index contributed by atoms with van der Waals surface area (Å²) in [7, 11) is 0. The van der Waals surface area contributed by atoms with E-state index in [0.29, 0.717) is 6.04 Å². The summed E-state index contributed by atoms with van der Waals surface area (Å²) in [4.78, 5) is 11.7. The SMILES string of the molecule is CC1CNC2(CCCC2)C(=O)N1.Fc1cccc(F)c1. The van der Waals surface area contributed by atoms with Crippen molar-refractivity contribution in [3.05, 3.63) is 35.9 Å². The van der Waals surface area contributed by atoms with Crippen LogP contribution in [0.2, 0.25) is 0 Å². The molecule has 0 radical (unpaired) electrons. The minimum atomic E-state index is -0.537. The average Bonchev–Trinajstić information content (AvgIpc) is 2.85. The van der Waals surface area contributed by atoms with Crippen molar-refractivity contribution >= 4 is 5.91 Å². The predicted molar refractivity (Wildman–Crippen MR) is 73.2 cm³/mol. The molecule has 110 valence electrons. The summed E-state index contributed by atoms with van der Waals surface area (Å²) < 4.78 is 23.9. The summed E-state index contributed by atoms with van der Waals surface area (Å²) in [6.45, 7) is 2.96. The Labute approximate surface area is 117 Å². The topological polar surface area (TPSA) is 41.1 Å². The molecule has 2 fully saturated rings. The van der Waals surface area contributed by atoms with Crippen LogP contribution in [0.5, 0.6) is 0 Å².